The molecule has 0 atom stereocenters. The molecule has 0 aliphatic carbocycles. The molecule has 4 nitrogen and oxygen atoms in total. The minimum absolute atomic E-state index is 0.560. The minimum atomic E-state index is 0.560. The van der Waals surface area contributed by atoms with Crippen molar-refractivity contribution in [2.24, 2.45) is 0 Å². The third-order valence-corrected chi connectivity index (χ3v) is 8.22. The lowest BCUT2D eigenvalue weighted by molar-refractivity contribution is 0.214. The number of rotatable bonds is 10. The highest BCUT2D eigenvalue weighted by molar-refractivity contribution is 5.92. The Balaban J connectivity index is 1.21. The van der Waals surface area contributed by atoms with Gasteiger partial charge in [0, 0.05) is 24.0 Å². The average Bonchev–Trinajstić information content (AvgIpc) is 3.15. The maximum Gasteiger partial charge on any atom is 0.120 e. The van der Waals surface area contributed by atoms with Crippen LogP contribution in [0, 0.1) is 6.92 Å². The number of hydrogen-bond acceptors (Lipinski definition) is 3. The molecule has 2 heterocycles. The van der Waals surface area contributed by atoms with Crippen LogP contribution >= 0.6 is 0 Å². The quantitative estimate of drug-likeness (QED) is 0.176. The molecule has 0 bridgehead atoms. The van der Waals surface area contributed by atoms with Crippen molar-refractivity contribution in [3.8, 4) is 22.8 Å². The molecule has 1 aromatic heterocycles. The highest BCUT2D eigenvalue weighted by Crippen LogP contribution is 2.36. The first-order chi connectivity index (χ1) is 20.2. The fourth-order valence-electron chi connectivity index (χ4n) is 5.99. The molecule has 0 spiro atoms. The summed E-state index contributed by atoms with van der Waals surface area (Å²) in [5.74, 6) is 1.84. The fraction of sp³-hybridized carbons (Fsp3) is 0.297. The van der Waals surface area contributed by atoms with Crippen molar-refractivity contribution in [3.63, 3.8) is 0 Å². The third-order valence-electron chi connectivity index (χ3n) is 8.22. The number of ether oxygens (including phenoxy) is 2. The van der Waals surface area contributed by atoms with Crippen molar-refractivity contribution in [3.05, 3.63) is 120 Å². The van der Waals surface area contributed by atoms with Crippen LogP contribution in [0.5, 0.6) is 11.5 Å². The van der Waals surface area contributed by atoms with Gasteiger partial charge in [0.1, 0.15) is 24.7 Å². The van der Waals surface area contributed by atoms with Gasteiger partial charge in [-0.2, -0.15) is 0 Å². The summed E-state index contributed by atoms with van der Waals surface area (Å²) in [5.41, 5.74) is 7.38. The SMILES string of the molecule is Cc1c(-c2ccccc2)n(Cc2ccc(OCCN3CCCCCC3)cc2)c2ccc(OCc3ccccc3)cc12. The molecule has 0 N–H and O–H groups in total. The van der Waals surface area contributed by atoms with Gasteiger partial charge in [0.05, 0.1) is 5.69 Å². The highest BCUT2D eigenvalue weighted by Gasteiger charge is 2.17. The van der Waals surface area contributed by atoms with E-state index < -0.39 is 0 Å². The normalized spacial score (nSPS) is 14.2. The predicted molar refractivity (Wildman–Crippen MR) is 169 cm³/mol. The number of aryl methyl sites for hydroxylation is 1. The molecule has 4 aromatic carbocycles. The number of benzene rings is 4. The molecule has 1 saturated heterocycles. The number of likely N-dealkylation sites (tertiary alicyclic amines) is 1. The average molecular weight is 545 g/mol. The standard InChI is InChI=1S/C37H40N2O2/c1-29-35-26-34(41-28-31-12-6-4-7-13-31)20-21-36(35)39(37(29)32-14-8-5-9-15-32)27-30-16-18-33(19-17-30)40-25-24-38-22-10-2-3-11-23-38/h4-9,12-21,26H,2-3,10-11,22-25,27-28H2,1H3. The molecule has 6 rings (SSSR count). The lowest BCUT2D eigenvalue weighted by Crippen LogP contribution is -2.29. The first-order valence-corrected chi connectivity index (χ1v) is 15.0. The monoisotopic (exact) mass is 544 g/mol. The molecule has 4 heteroatoms. The molecule has 1 fully saturated rings. The van der Waals surface area contributed by atoms with Gasteiger partial charge in [-0.15, -0.1) is 0 Å². The first-order valence-electron chi connectivity index (χ1n) is 15.0. The number of fused-ring (bicyclic) bond motifs is 1. The van der Waals surface area contributed by atoms with E-state index in [4.69, 9.17) is 9.47 Å². The summed E-state index contributed by atoms with van der Waals surface area (Å²) in [7, 11) is 0. The summed E-state index contributed by atoms with van der Waals surface area (Å²) in [5, 5.41) is 1.22. The van der Waals surface area contributed by atoms with Crippen molar-refractivity contribution in [2.45, 2.75) is 45.8 Å². The van der Waals surface area contributed by atoms with Crippen LogP contribution in [0.1, 0.15) is 42.4 Å². The van der Waals surface area contributed by atoms with Crippen LogP contribution in [0.25, 0.3) is 22.2 Å². The second-order valence-corrected chi connectivity index (χ2v) is 11.1. The Labute approximate surface area is 244 Å². The molecule has 0 saturated carbocycles. The van der Waals surface area contributed by atoms with Crippen molar-refractivity contribution < 1.29 is 9.47 Å². The molecule has 1 aliphatic rings. The Kier molecular flexibility index (Phi) is 8.68. The van der Waals surface area contributed by atoms with Gasteiger partial charge in [-0.3, -0.25) is 4.90 Å². The Morgan fingerprint density at radius 1 is 0.659 bits per heavy atom. The number of aromatic nitrogens is 1. The van der Waals surface area contributed by atoms with Crippen molar-refractivity contribution in [1.82, 2.24) is 9.47 Å². The second kappa shape index (κ2) is 13.1. The van der Waals surface area contributed by atoms with Gasteiger partial charge in [-0.05, 0) is 85.4 Å². The summed E-state index contributed by atoms with van der Waals surface area (Å²) in [6.07, 6.45) is 5.36. The number of hydrogen-bond donors (Lipinski definition) is 0. The Morgan fingerprint density at radius 3 is 2.07 bits per heavy atom. The molecular formula is C37H40N2O2. The topological polar surface area (TPSA) is 26.6 Å². The van der Waals surface area contributed by atoms with E-state index >= 15 is 0 Å². The maximum atomic E-state index is 6.19. The largest absolute Gasteiger partial charge is 0.492 e. The van der Waals surface area contributed by atoms with Crippen LogP contribution in [-0.4, -0.2) is 35.7 Å². The fourth-order valence-corrected chi connectivity index (χ4v) is 5.99. The molecule has 5 aromatic rings. The molecule has 41 heavy (non-hydrogen) atoms. The van der Waals surface area contributed by atoms with Crippen LogP contribution < -0.4 is 9.47 Å². The summed E-state index contributed by atoms with van der Waals surface area (Å²) >= 11 is 0. The van der Waals surface area contributed by atoms with E-state index in [2.05, 4.69) is 101 Å². The van der Waals surface area contributed by atoms with Gasteiger partial charge < -0.3 is 14.0 Å². The lowest BCUT2D eigenvalue weighted by Gasteiger charge is -2.19. The first kappa shape index (κ1) is 27.2. The van der Waals surface area contributed by atoms with Crippen LogP contribution in [0.2, 0.25) is 0 Å². The van der Waals surface area contributed by atoms with E-state index in [1.54, 1.807) is 0 Å². The number of nitrogens with zero attached hydrogens (tertiary/aromatic N) is 2. The smallest absolute Gasteiger partial charge is 0.120 e. The van der Waals surface area contributed by atoms with Crippen LogP contribution in [0.4, 0.5) is 0 Å². The van der Waals surface area contributed by atoms with Gasteiger partial charge in [0.2, 0.25) is 0 Å². The molecular weight excluding hydrogens is 504 g/mol. The van der Waals surface area contributed by atoms with Crippen molar-refractivity contribution >= 4 is 10.9 Å². The molecule has 210 valence electrons. The molecule has 0 unspecified atom stereocenters. The predicted octanol–water partition coefficient (Wildman–Crippen LogP) is 8.50. The summed E-state index contributed by atoms with van der Waals surface area (Å²) < 4.78 is 14.8. The van der Waals surface area contributed by atoms with Gasteiger partial charge >= 0.3 is 0 Å². The molecule has 0 radical (unpaired) electrons. The third kappa shape index (κ3) is 6.66. The van der Waals surface area contributed by atoms with E-state index in [-0.39, 0.29) is 0 Å². The van der Waals surface area contributed by atoms with E-state index in [1.807, 2.05) is 18.2 Å². The summed E-state index contributed by atoms with van der Waals surface area (Å²) in [6, 6.07) is 36.2. The maximum absolute atomic E-state index is 6.19. The second-order valence-electron chi connectivity index (χ2n) is 11.1. The van der Waals surface area contributed by atoms with Gasteiger partial charge in [-0.25, -0.2) is 0 Å². The molecule has 1 aliphatic heterocycles. The van der Waals surface area contributed by atoms with E-state index in [0.29, 0.717) is 6.61 Å². The van der Waals surface area contributed by atoms with Crippen LogP contribution in [-0.2, 0) is 13.2 Å². The zero-order chi connectivity index (χ0) is 27.9. The Morgan fingerprint density at radius 2 is 1.34 bits per heavy atom. The van der Waals surface area contributed by atoms with Crippen molar-refractivity contribution in [2.75, 3.05) is 26.2 Å². The zero-order valence-electron chi connectivity index (χ0n) is 24.1. The minimum Gasteiger partial charge on any atom is -0.492 e. The lowest BCUT2D eigenvalue weighted by atomic mass is 10.1. The van der Waals surface area contributed by atoms with E-state index in [1.165, 1.54) is 77.6 Å². The zero-order valence-corrected chi connectivity index (χ0v) is 24.1. The van der Waals surface area contributed by atoms with Gasteiger partial charge in [0.15, 0.2) is 0 Å². The summed E-state index contributed by atoms with van der Waals surface area (Å²) in [6.45, 7) is 7.73. The van der Waals surface area contributed by atoms with E-state index in [9.17, 15) is 0 Å². The Bertz CT molecular complexity index is 1530. The Hall–Kier alpha value is -4.02. The van der Waals surface area contributed by atoms with Gasteiger partial charge in [-0.1, -0.05) is 85.6 Å². The van der Waals surface area contributed by atoms with Crippen molar-refractivity contribution in [1.29, 1.82) is 0 Å². The van der Waals surface area contributed by atoms with E-state index in [0.717, 1.165) is 31.2 Å². The highest BCUT2D eigenvalue weighted by atomic mass is 16.5. The summed E-state index contributed by atoms with van der Waals surface area (Å²) in [4.78, 5) is 2.55. The van der Waals surface area contributed by atoms with Crippen LogP contribution in [0.15, 0.2) is 103 Å². The van der Waals surface area contributed by atoms with Crippen LogP contribution in [0.3, 0.4) is 0 Å². The molecule has 0 amide bonds. The van der Waals surface area contributed by atoms with Gasteiger partial charge in [0.25, 0.3) is 0 Å².